The molecule has 9 nitrogen and oxygen atoms in total. The zero-order valence-corrected chi connectivity index (χ0v) is 23.3. The number of fused-ring (bicyclic) bond motifs is 1. The predicted molar refractivity (Wildman–Crippen MR) is 158 cm³/mol. The molecule has 216 valence electrons. The Kier molecular flexibility index (Phi) is 10.5. The van der Waals surface area contributed by atoms with Gasteiger partial charge in [-0.15, -0.1) is 0 Å². The summed E-state index contributed by atoms with van der Waals surface area (Å²) in [5, 5.41) is 7.67. The first-order chi connectivity index (χ1) is 19.9. The van der Waals surface area contributed by atoms with E-state index in [4.69, 9.17) is 11.5 Å². The molecule has 1 saturated heterocycles. The number of unbranched alkanes of at least 4 members (excludes halogenated alkanes) is 1. The topological polar surface area (TPSA) is 148 Å². The van der Waals surface area contributed by atoms with Crippen LogP contribution >= 0.6 is 0 Å². The summed E-state index contributed by atoms with van der Waals surface area (Å²) in [6.45, 7) is 0.936. The number of hydrogen-bond donors (Lipinski definition) is 4. The molecule has 0 bridgehead atoms. The van der Waals surface area contributed by atoms with E-state index in [2.05, 4.69) is 10.6 Å². The minimum atomic E-state index is -0.927. The first-order valence-corrected chi connectivity index (χ1v) is 14.3. The van der Waals surface area contributed by atoms with Crippen molar-refractivity contribution >= 4 is 34.4 Å². The minimum absolute atomic E-state index is 0.125. The van der Waals surface area contributed by atoms with E-state index in [1.54, 1.807) is 4.90 Å². The van der Waals surface area contributed by atoms with E-state index >= 15 is 0 Å². The summed E-state index contributed by atoms with van der Waals surface area (Å²) in [4.78, 5) is 54.0. The summed E-state index contributed by atoms with van der Waals surface area (Å²) in [6, 6.07) is 20.6. The van der Waals surface area contributed by atoms with Crippen LogP contribution in [-0.4, -0.2) is 59.7 Å². The van der Waals surface area contributed by atoms with E-state index in [-0.39, 0.29) is 24.7 Å². The molecule has 4 rings (SSSR count). The molecule has 1 aliphatic heterocycles. The second-order valence-corrected chi connectivity index (χ2v) is 10.6. The maximum atomic E-state index is 13.5. The third-order valence-electron chi connectivity index (χ3n) is 7.62. The summed E-state index contributed by atoms with van der Waals surface area (Å²) in [7, 11) is 0. The third-order valence-corrected chi connectivity index (χ3v) is 7.62. The zero-order valence-electron chi connectivity index (χ0n) is 23.3. The number of carbonyl (C=O) groups is 4. The summed E-state index contributed by atoms with van der Waals surface area (Å²) in [6.07, 6.45) is 3.29. The van der Waals surface area contributed by atoms with Crippen LogP contribution in [0.1, 0.15) is 43.2 Å². The molecule has 0 saturated carbocycles. The third kappa shape index (κ3) is 7.91. The summed E-state index contributed by atoms with van der Waals surface area (Å²) >= 11 is 0. The molecule has 3 atom stereocenters. The van der Waals surface area contributed by atoms with E-state index in [0.29, 0.717) is 45.2 Å². The van der Waals surface area contributed by atoms with Crippen molar-refractivity contribution in [2.75, 3.05) is 13.1 Å². The quantitative estimate of drug-likeness (QED) is 0.238. The first-order valence-electron chi connectivity index (χ1n) is 14.3. The summed E-state index contributed by atoms with van der Waals surface area (Å²) in [5.74, 6) is -1.64. The van der Waals surface area contributed by atoms with E-state index in [9.17, 15) is 19.2 Å². The van der Waals surface area contributed by atoms with Gasteiger partial charge in [-0.05, 0) is 60.5 Å². The highest BCUT2D eigenvalue weighted by atomic mass is 16.2. The van der Waals surface area contributed by atoms with Gasteiger partial charge in [0.1, 0.15) is 18.1 Å². The molecule has 0 radical (unpaired) electrons. The van der Waals surface area contributed by atoms with Crippen LogP contribution in [0.2, 0.25) is 0 Å². The summed E-state index contributed by atoms with van der Waals surface area (Å²) < 4.78 is 0. The van der Waals surface area contributed by atoms with Crippen molar-refractivity contribution in [2.45, 2.75) is 63.1 Å². The van der Waals surface area contributed by atoms with Crippen molar-refractivity contribution in [3.05, 3.63) is 83.9 Å². The number of amides is 4. The second-order valence-electron chi connectivity index (χ2n) is 10.6. The SMILES string of the molecule is NCCCCC(NC(=O)C1CCCN1C(=O)Cc1cccc2ccccc12)C(=O)NC(Cc1ccccc1)C(N)=O. The molecular weight excluding hydrogens is 518 g/mol. The monoisotopic (exact) mass is 557 g/mol. The molecule has 9 heteroatoms. The number of hydrogen-bond acceptors (Lipinski definition) is 5. The molecule has 0 aromatic heterocycles. The molecule has 41 heavy (non-hydrogen) atoms. The van der Waals surface area contributed by atoms with Gasteiger partial charge < -0.3 is 27.0 Å². The van der Waals surface area contributed by atoms with Crippen LogP contribution in [0, 0.1) is 0 Å². The molecule has 0 aliphatic carbocycles. The van der Waals surface area contributed by atoms with Crippen LogP contribution in [0.25, 0.3) is 10.8 Å². The minimum Gasteiger partial charge on any atom is -0.368 e. The van der Waals surface area contributed by atoms with Crippen LogP contribution < -0.4 is 22.1 Å². The van der Waals surface area contributed by atoms with Crippen LogP contribution in [0.5, 0.6) is 0 Å². The lowest BCUT2D eigenvalue weighted by Gasteiger charge is -2.27. The van der Waals surface area contributed by atoms with E-state index in [0.717, 1.165) is 21.9 Å². The number of benzene rings is 3. The first kappa shape index (κ1) is 29.7. The number of likely N-dealkylation sites (tertiary alicyclic amines) is 1. The smallest absolute Gasteiger partial charge is 0.243 e. The van der Waals surface area contributed by atoms with Crippen molar-refractivity contribution in [3.8, 4) is 0 Å². The Bertz CT molecular complexity index is 1360. The number of carbonyl (C=O) groups excluding carboxylic acids is 4. The van der Waals surface area contributed by atoms with Gasteiger partial charge in [-0.3, -0.25) is 19.2 Å². The maximum absolute atomic E-state index is 13.5. The van der Waals surface area contributed by atoms with E-state index < -0.39 is 29.9 Å². The Morgan fingerprint density at radius 3 is 2.37 bits per heavy atom. The molecule has 3 aromatic rings. The predicted octanol–water partition coefficient (Wildman–Crippen LogP) is 2.20. The second kappa shape index (κ2) is 14.4. The molecular formula is C32H39N5O4. The van der Waals surface area contributed by atoms with Gasteiger partial charge in [0.2, 0.25) is 23.6 Å². The Morgan fingerprint density at radius 1 is 0.878 bits per heavy atom. The van der Waals surface area contributed by atoms with Gasteiger partial charge in [0.25, 0.3) is 0 Å². The Hall–Kier alpha value is -4.24. The van der Waals surface area contributed by atoms with Crippen LogP contribution in [0.15, 0.2) is 72.8 Å². The maximum Gasteiger partial charge on any atom is 0.243 e. The van der Waals surface area contributed by atoms with Gasteiger partial charge in [0.05, 0.1) is 6.42 Å². The van der Waals surface area contributed by atoms with Gasteiger partial charge in [-0.25, -0.2) is 0 Å². The van der Waals surface area contributed by atoms with Crippen LogP contribution in [0.4, 0.5) is 0 Å². The van der Waals surface area contributed by atoms with Crippen molar-refractivity contribution < 1.29 is 19.2 Å². The highest BCUT2D eigenvalue weighted by Gasteiger charge is 2.36. The molecule has 1 aliphatic rings. The lowest BCUT2D eigenvalue weighted by Crippen LogP contribution is -2.56. The van der Waals surface area contributed by atoms with Gasteiger partial charge in [-0.2, -0.15) is 0 Å². The van der Waals surface area contributed by atoms with Gasteiger partial charge in [-0.1, -0.05) is 72.8 Å². The fourth-order valence-electron chi connectivity index (χ4n) is 5.42. The molecule has 1 heterocycles. The molecule has 3 aromatic carbocycles. The lowest BCUT2D eigenvalue weighted by molar-refractivity contribution is -0.139. The fraction of sp³-hybridized carbons (Fsp3) is 0.375. The number of nitrogens with one attached hydrogen (secondary N) is 2. The normalized spacial score (nSPS) is 16.2. The van der Waals surface area contributed by atoms with Crippen molar-refractivity contribution in [2.24, 2.45) is 11.5 Å². The molecule has 4 amide bonds. The van der Waals surface area contributed by atoms with Crippen molar-refractivity contribution in [1.29, 1.82) is 0 Å². The average molecular weight is 558 g/mol. The van der Waals surface area contributed by atoms with Crippen LogP contribution in [-0.2, 0) is 32.0 Å². The van der Waals surface area contributed by atoms with E-state index in [1.807, 2.05) is 72.8 Å². The highest BCUT2D eigenvalue weighted by molar-refractivity contribution is 5.95. The Balaban J connectivity index is 1.43. The van der Waals surface area contributed by atoms with Gasteiger partial charge in [0.15, 0.2) is 0 Å². The average Bonchev–Trinajstić information content (AvgIpc) is 3.48. The molecule has 1 fully saturated rings. The standard InChI is InChI=1S/C32H39N5O4/c33-18-7-6-16-26(31(40)36-27(30(34)39)20-22-10-2-1-3-11-22)35-32(41)28-17-9-19-37(28)29(38)21-24-14-8-13-23-12-4-5-15-25(23)24/h1-5,8,10-15,26-28H,6-7,9,16-21,33H2,(H2,34,39)(H,35,41)(H,36,40). The van der Waals surface area contributed by atoms with Crippen molar-refractivity contribution in [1.82, 2.24) is 15.5 Å². The molecule has 6 N–H and O–H groups in total. The number of nitrogens with two attached hydrogens (primary N) is 2. The fourth-order valence-corrected chi connectivity index (χ4v) is 5.42. The van der Waals surface area contributed by atoms with E-state index in [1.165, 1.54) is 0 Å². The number of primary amides is 1. The Morgan fingerprint density at radius 2 is 1.61 bits per heavy atom. The Labute approximate surface area is 240 Å². The molecule has 0 spiro atoms. The lowest BCUT2D eigenvalue weighted by atomic mass is 10.0. The van der Waals surface area contributed by atoms with Crippen LogP contribution in [0.3, 0.4) is 0 Å². The van der Waals surface area contributed by atoms with Crippen molar-refractivity contribution in [3.63, 3.8) is 0 Å². The number of rotatable bonds is 13. The van der Waals surface area contributed by atoms with Gasteiger partial charge >= 0.3 is 0 Å². The zero-order chi connectivity index (χ0) is 29.2. The summed E-state index contributed by atoms with van der Waals surface area (Å²) in [5.41, 5.74) is 13.0. The van der Waals surface area contributed by atoms with Gasteiger partial charge in [0, 0.05) is 13.0 Å². The molecule has 3 unspecified atom stereocenters. The highest BCUT2D eigenvalue weighted by Crippen LogP contribution is 2.23. The largest absolute Gasteiger partial charge is 0.368 e. The number of nitrogens with zero attached hydrogens (tertiary/aromatic N) is 1.